The van der Waals surface area contributed by atoms with Crippen molar-refractivity contribution in [3.8, 4) is 17.4 Å². The molecular weight excluding hydrogens is 502 g/mol. The normalized spacial score (nSPS) is 10.9. The highest BCUT2D eigenvalue weighted by molar-refractivity contribution is 14.1. The molecule has 0 aliphatic carbocycles. The molecule has 0 spiro atoms. The number of carbonyl (C=O) groups is 1. The van der Waals surface area contributed by atoms with Crippen LogP contribution in [0.1, 0.15) is 0 Å². The summed E-state index contributed by atoms with van der Waals surface area (Å²) < 4.78 is 47.0. The molecule has 6 nitrogen and oxygen atoms in total. The molecule has 0 aliphatic rings. The van der Waals surface area contributed by atoms with Crippen LogP contribution < -0.4 is 20.1 Å². The lowest BCUT2D eigenvalue weighted by Crippen LogP contribution is -2.20. The van der Waals surface area contributed by atoms with E-state index in [1.54, 1.807) is 18.2 Å². The summed E-state index contributed by atoms with van der Waals surface area (Å²) in [5.74, 6) is 0.389. The molecule has 0 unspecified atom stereocenters. The first kappa shape index (κ1) is 20.7. The molecule has 2 N–H and O–H groups in total. The molecule has 1 heterocycles. The molecule has 0 bridgehead atoms. The van der Waals surface area contributed by atoms with E-state index in [1.165, 1.54) is 18.3 Å². The highest BCUT2D eigenvalue weighted by Gasteiger charge is 2.30. The molecule has 2 amide bonds. The molecule has 0 atom stereocenters. The van der Waals surface area contributed by atoms with Crippen molar-refractivity contribution in [3.63, 3.8) is 0 Å². The maximum atomic E-state index is 12.2. The van der Waals surface area contributed by atoms with Gasteiger partial charge in [-0.25, -0.2) is 9.78 Å². The number of amides is 2. The third kappa shape index (κ3) is 6.24. The largest absolute Gasteiger partial charge is 0.573 e. The first-order valence-electron chi connectivity index (χ1n) is 8.11. The van der Waals surface area contributed by atoms with Gasteiger partial charge in [-0.2, -0.15) is 0 Å². The van der Waals surface area contributed by atoms with Crippen molar-refractivity contribution in [3.05, 3.63) is 70.4 Å². The second-order valence-corrected chi connectivity index (χ2v) is 6.70. The number of aromatic nitrogens is 1. The third-order valence-corrected chi connectivity index (χ3v) is 4.30. The van der Waals surface area contributed by atoms with E-state index in [4.69, 9.17) is 4.74 Å². The minimum Gasteiger partial charge on any atom is -0.436 e. The van der Waals surface area contributed by atoms with Gasteiger partial charge in [-0.15, -0.1) is 13.2 Å². The lowest BCUT2D eigenvalue weighted by molar-refractivity contribution is -0.274. The number of ether oxygens (including phenoxy) is 2. The fraction of sp³-hybridized carbons (Fsp3) is 0.0526. The number of halogens is 4. The SMILES string of the molecule is O=C(Nc1ccc(OC(F)(F)F)cc1)Nc1cccnc1Oc1ccccc1I. The van der Waals surface area contributed by atoms with E-state index in [-0.39, 0.29) is 17.3 Å². The van der Waals surface area contributed by atoms with Crippen molar-refractivity contribution >= 4 is 40.0 Å². The average Bonchev–Trinajstić information content (AvgIpc) is 2.65. The summed E-state index contributed by atoms with van der Waals surface area (Å²) in [7, 11) is 0. The Kier molecular flexibility index (Phi) is 6.42. The highest BCUT2D eigenvalue weighted by atomic mass is 127. The van der Waals surface area contributed by atoms with E-state index in [0.717, 1.165) is 15.7 Å². The molecule has 3 aromatic rings. The number of rotatable bonds is 5. The van der Waals surface area contributed by atoms with Crippen LogP contribution in [0, 0.1) is 3.57 Å². The minimum atomic E-state index is -4.78. The topological polar surface area (TPSA) is 72.5 Å². The zero-order chi connectivity index (χ0) is 20.9. The van der Waals surface area contributed by atoms with Crippen molar-refractivity contribution in [1.29, 1.82) is 0 Å². The molecule has 2 aromatic carbocycles. The third-order valence-electron chi connectivity index (χ3n) is 3.41. The van der Waals surface area contributed by atoms with Crippen LogP contribution in [0.5, 0.6) is 17.4 Å². The Morgan fingerprint density at radius 1 is 0.966 bits per heavy atom. The summed E-state index contributed by atoms with van der Waals surface area (Å²) >= 11 is 2.12. The number of anilines is 2. The number of carbonyl (C=O) groups excluding carboxylic acids is 1. The van der Waals surface area contributed by atoms with Crippen LogP contribution in [0.4, 0.5) is 29.3 Å². The number of pyridine rings is 1. The van der Waals surface area contributed by atoms with Crippen LogP contribution in [-0.4, -0.2) is 17.4 Å². The van der Waals surface area contributed by atoms with Gasteiger partial charge in [0.2, 0.25) is 5.88 Å². The smallest absolute Gasteiger partial charge is 0.436 e. The number of nitrogens with one attached hydrogen (secondary N) is 2. The molecule has 150 valence electrons. The van der Waals surface area contributed by atoms with Gasteiger partial charge in [-0.1, -0.05) is 12.1 Å². The summed E-state index contributed by atoms with van der Waals surface area (Å²) in [6.07, 6.45) is -3.26. The summed E-state index contributed by atoms with van der Waals surface area (Å²) in [5.41, 5.74) is 0.600. The number of urea groups is 1. The van der Waals surface area contributed by atoms with Crippen molar-refractivity contribution in [2.24, 2.45) is 0 Å². The highest BCUT2D eigenvalue weighted by Crippen LogP contribution is 2.30. The fourth-order valence-electron chi connectivity index (χ4n) is 2.22. The van der Waals surface area contributed by atoms with Gasteiger partial charge in [0.15, 0.2) is 0 Å². The monoisotopic (exact) mass is 515 g/mol. The second kappa shape index (κ2) is 8.99. The average molecular weight is 515 g/mol. The van der Waals surface area contributed by atoms with Gasteiger partial charge >= 0.3 is 12.4 Å². The standard InChI is InChI=1S/C19H13F3IN3O3/c20-19(21,22)29-13-9-7-12(8-10-13)25-18(27)26-15-5-3-11-24-17(15)28-16-6-2-1-4-14(16)23/h1-11H,(H2,25,26,27). The molecule has 3 rings (SSSR count). The van der Waals surface area contributed by atoms with Crippen molar-refractivity contribution < 1.29 is 27.4 Å². The maximum Gasteiger partial charge on any atom is 0.573 e. The molecule has 29 heavy (non-hydrogen) atoms. The molecule has 0 fully saturated rings. The number of benzene rings is 2. The summed E-state index contributed by atoms with van der Waals surface area (Å²) in [5, 5.41) is 5.11. The lowest BCUT2D eigenvalue weighted by atomic mass is 10.3. The van der Waals surface area contributed by atoms with Crippen molar-refractivity contribution in [2.75, 3.05) is 10.6 Å². The van der Waals surface area contributed by atoms with Crippen LogP contribution >= 0.6 is 22.6 Å². The minimum absolute atomic E-state index is 0.195. The molecule has 0 radical (unpaired) electrons. The van der Waals surface area contributed by atoms with E-state index < -0.39 is 12.4 Å². The summed E-state index contributed by atoms with van der Waals surface area (Å²) in [4.78, 5) is 16.4. The number of alkyl halides is 3. The Hall–Kier alpha value is -3.02. The molecule has 0 aliphatic heterocycles. The first-order chi connectivity index (χ1) is 13.8. The van der Waals surface area contributed by atoms with Crippen LogP contribution in [0.15, 0.2) is 66.9 Å². The van der Waals surface area contributed by atoms with Crippen molar-refractivity contribution in [1.82, 2.24) is 4.98 Å². The Labute approximate surface area is 177 Å². The van der Waals surface area contributed by atoms with Gasteiger partial charge in [0.1, 0.15) is 17.2 Å². The van der Waals surface area contributed by atoms with E-state index in [1.807, 2.05) is 18.2 Å². The Morgan fingerprint density at radius 3 is 2.38 bits per heavy atom. The fourth-order valence-corrected chi connectivity index (χ4v) is 2.72. The van der Waals surface area contributed by atoms with E-state index in [0.29, 0.717) is 11.4 Å². The van der Waals surface area contributed by atoms with E-state index >= 15 is 0 Å². The first-order valence-corrected chi connectivity index (χ1v) is 9.19. The lowest BCUT2D eigenvalue weighted by Gasteiger charge is -2.13. The van der Waals surface area contributed by atoms with E-state index in [9.17, 15) is 18.0 Å². The van der Waals surface area contributed by atoms with Gasteiger partial charge in [0.25, 0.3) is 0 Å². The molecule has 10 heteroatoms. The van der Waals surface area contributed by atoms with Crippen LogP contribution in [0.25, 0.3) is 0 Å². The number of para-hydroxylation sites is 1. The van der Waals surface area contributed by atoms with Crippen LogP contribution in [-0.2, 0) is 0 Å². The maximum absolute atomic E-state index is 12.2. The second-order valence-electron chi connectivity index (χ2n) is 5.54. The Bertz CT molecular complexity index is 998. The van der Waals surface area contributed by atoms with Gasteiger partial charge in [-0.05, 0) is 71.1 Å². The van der Waals surface area contributed by atoms with Crippen molar-refractivity contribution in [2.45, 2.75) is 6.36 Å². The zero-order valence-corrected chi connectivity index (χ0v) is 16.7. The molecule has 1 aromatic heterocycles. The molecule has 0 saturated carbocycles. The number of hydrogen-bond acceptors (Lipinski definition) is 4. The summed E-state index contributed by atoms with van der Waals surface area (Å²) in [6.45, 7) is 0. The van der Waals surface area contributed by atoms with Crippen LogP contribution in [0.3, 0.4) is 0 Å². The van der Waals surface area contributed by atoms with Gasteiger partial charge in [-0.3, -0.25) is 0 Å². The predicted molar refractivity (Wildman–Crippen MR) is 109 cm³/mol. The van der Waals surface area contributed by atoms with E-state index in [2.05, 4.69) is 42.9 Å². The number of hydrogen-bond donors (Lipinski definition) is 2. The molecular formula is C19H13F3IN3O3. The Morgan fingerprint density at radius 2 is 1.69 bits per heavy atom. The van der Waals surface area contributed by atoms with Gasteiger partial charge in [0, 0.05) is 11.9 Å². The number of nitrogens with zero attached hydrogens (tertiary/aromatic N) is 1. The Balaban J connectivity index is 1.66. The predicted octanol–water partition coefficient (Wildman–Crippen LogP) is 6.02. The zero-order valence-electron chi connectivity index (χ0n) is 14.5. The van der Waals surface area contributed by atoms with Crippen LogP contribution in [0.2, 0.25) is 0 Å². The molecule has 0 saturated heterocycles. The quantitative estimate of drug-likeness (QED) is 0.408. The summed E-state index contributed by atoms with van der Waals surface area (Å²) in [6, 6.07) is 14.7. The van der Waals surface area contributed by atoms with Gasteiger partial charge < -0.3 is 20.1 Å². The van der Waals surface area contributed by atoms with Gasteiger partial charge in [0.05, 0.1) is 3.57 Å².